The Bertz CT molecular complexity index is 641. The number of rotatable bonds is 5. The minimum Gasteiger partial charge on any atom is -0.383 e. The van der Waals surface area contributed by atoms with E-state index in [2.05, 4.69) is 39.3 Å². The van der Waals surface area contributed by atoms with Crippen LogP contribution in [0.4, 0.5) is 11.6 Å². The molecule has 0 aliphatic rings. The molecule has 0 radical (unpaired) electrons. The SMILES string of the molecule is CCCNc1nn(Cc2cccc(Br)c2)c(N)c1C#N. The summed E-state index contributed by atoms with van der Waals surface area (Å²) in [6.45, 7) is 3.36. The number of nitrogen functional groups attached to an aromatic ring is 1. The molecule has 5 nitrogen and oxygen atoms in total. The first kappa shape index (κ1) is 14.4. The molecule has 0 amide bonds. The molecule has 0 spiro atoms. The maximum Gasteiger partial charge on any atom is 0.168 e. The van der Waals surface area contributed by atoms with Crippen molar-refractivity contribution in [3.63, 3.8) is 0 Å². The molecule has 1 heterocycles. The second kappa shape index (κ2) is 6.44. The van der Waals surface area contributed by atoms with E-state index in [1.54, 1.807) is 4.68 Å². The van der Waals surface area contributed by atoms with Crippen molar-refractivity contribution in [2.45, 2.75) is 19.9 Å². The average Bonchev–Trinajstić information content (AvgIpc) is 2.72. The van der Waals surface area contributed by atoms with Gasteiger partial charge in [0.05, 0.1) is 6.54 Å². The summed E-state index contributed by atoms with van der Waals surface area (Å²) >= 11 is 3.44. The van der Waals surface area contributed by atoms with Crippen LogP contribution in [-0.2, 0) is 6.54 Å². The number of nitrogens with two attached hydrogens (primary N) is 1. The Morgan fingerprint density at radius 1 is 1.50 bits per heavy atom. The van der Waals surface area contributed by atoms with Gasteiger partial charge in [-0.2, -0.15) is 10.4 Å². The molecule has 2 rings (SSSR count). The van der Waals surface area contributed by atoms with Gasteiger partial charge in [0.15, 0.2) is 5.82 Å². The Labute approximate surface area is 126 Å². The number of benzene rings is 1. The lowest BCUT2D eigenvalue weighted by atomic mass is 10.2. The third kappa shape index (κ3) is 3.11. The zero-order valence-corrected chi connectivity index (χ0v) is 12.8. The first-order valence-corrected chi connectivity index (χ1v) is 7.19. The minimum absolute atomic E-state index is 0.395. The first-order chi connectivity index (χ1) is 9.65. The number of nitrogens with zero attached hydrogens (tertiary/aromatic N) is 3. The van der Waals surface area contributed by atoms with Gasteiger partial charge in [0, 0.05) is 11.0 Å². The maximum absolute atomic E-state index is 9.19. The fraction of sp³-hybridized carbons (Fsp3) is 0.286. The predicted octanol–water partition coefficient (Wildman–Crippen LogP) is 2.97. The van der Waals surface area contributed by atoms with Gasteiger partial charge in [-0.3, -0.25) is 0 Å². The third-order valence-corrected chi connectivity index (χ3v) is 3.36. The summed E-state index contributed by atoms with van der Waals surface area (Å²) in [7, 11) is 0. The maximum atomic E-state index is 9.19. The Morgan fingerprint density at radius 2 is 2.30 bits per heavy atom. The number of hydrogen-bond donors (Lipinski definition) is 2. The summed E-state index contributed by atoms with van der Waals surface area (Å²) < 4.78 is 2.66. The van der Waals surface area contributed by atoms with Crippen LogP contribution in [0.3, 0.4) is 0 Å². The topological polar surface area (TPSA) is 79.7 Å². The highest BCUT2D eigenvalue weighted by molar-refractivity contribution is 9.10. The quantitative estimate of drug-likeness (QED) is 0.881. The summed E-state index contributed by atoms with van der Waals surface area (Å²) in [6, 6.07) is 10.0. The van der Waals surface area contributed by atoms with Crippen LogP contribution in [0, 0.1) is 11.3 Å². The summed E-state index contributed by atoms with van der Waals surface area (Å²) in [5, 5.41) is 16.7. The van der Waals surface area contributed by atoms with Crippen molar-refractivity contribution >= 4 is 27.6 Å². The van der Waals surface area contributed by atoms with E-state index in [-0.39, 0.29) is 0 Å². The van der Waals surface area contributed by atoms with E-state index in [4.69, 9.17) is 5.73 Å². The summed E-state index contributed by atoms with van der Waals surface area (Å²) in [5.74, 6) is 0.952. The number of nitriles is 1. The highest BCUT2D eigenvalue weighted by Crippen LogP contribution is 2.22. The Morgan fingerprint density at radius 3 is 2.95 bits per heavy atom. The molecule has 20 heavy (non-hydrogen) atoms. The van der Waals surface area contributed by atoms with E-state index in [0.717, 1.165) is 23.0 Å². The zero-order chi connectivity index (χ0) is 14.5. The van der Waals surface area contributed by atoms with Crippen molar-refractivity contribution in [1.82, 2.24) is 9.78 Å². The molecular weight excluding hydrogens is 318 g/mol. The molecule has 3 N–H and O–H groups in total. The van der Waals surface area contributed by atoms with Crippen LogP contribution in [0.5, 0.6) is 0 Å². The van der Waals surface area contributed by atoms with Crippen molar-refractivity contribution in [3.05, 3.63) is 39.9 Å². The number of halogens is 1. The van der Waals surface area contributed by atoms with E-state index < -0.39 is 0 Å². The fourth-order valence-electron chi connectivity index (χ4n) is 1.88. The highest BCUT2D eigenvalue weighted by Gasteiger charge is 2.15. The Balaban J connectivity index is 2.28. The molecule has 0 unspecified atom stereocenters. The van der Waals surface area contributed by atoms with Crippen LogP contribution in [0.25, 0.3) is 0 Å². The van der Waals surface area contributed by atoms with Crippen LogP contribution in [0.15, 0.2) is 28.7 Å². The zero-order valence-electron chi connectivity index (χ0n) is 11.2. The second-order valence-electron chi connectivity index (χ2n) is 4.43. The van der Waals surface area contributed by atoms with Crippen molar-refractivity contribution < 1.29 is 0 Å². The van der Waals surface area contributed by atoms with Crippen molar-refractivity contribution in [2.24, 2.45) is 0 Å². The van der Waals surface area contributed by atoms with E-state index in [1.165, 1.54) is 0 Å². The normalized spacial score (nSPS) is 10.2. The number of anilines is 2. The average molecular weight is 334 g/mol. The molecule has 0 aliphatic carbocycles. The predicted molar refractivity (Wildman–Crippen MR) is 83.4 cm³/mol. The largest absolute Gasteiger partial charge is 0.383 e. The van der Waals surface area contributed by atoms with Gasteiger partial charge in [-0.1, -0.05) is 35.0 Å². The van der Waals surface area contributed by atoms with E-state index in [1.807, 2.05) is 24.3 Å². The van der Waals surface area contributed by atoms with Crippen LogP contribution in [0.1, 0.15) is 24.5 Å². The lowest BCUT2D eigenvalue weighted by molar-refractivity contribution is 0.697. The minimum atomic E-state index is 0.395. The Kier molecular flexibility index (Phi) is 4.64. The smallest absolute Gasteiger partial charge is 0.168 e. The summed E-state index contributed by atoms with van der Waals surface area (Å²) in [6.07, 6.45) is 0.962. The molecule has 1 aromatic heterocycles. The van der Waals surface area contributed by atoms with Crippen LogP contribution in [0.2, 0.25) is 0 Å². The molecule has 0 fully saturated rings. The van der Waals surface area contributed by atoms with E-state index in [9.17, 15) is 5.26 Å². The standard InChI is InChI=1S/C14H16BrN5/c1-2-6-18-14-12(8-16)13(17)20(19-14)9-10-4-3-5-11(15)7-10/h3-5,7H,2,6,9,17H2,1H3,(H,18,19). The number of nitrogens with one attached hydrogen (secondary N) is 1. The third-order valence-electron chi connectivity index (χ3n) is 2.87. The monoisotopic (exact) mass is 333 g/mol. The van der Waals surface area contributed by atoms with Crippen molar-refractivity contribution in [2.75, 3.05) is 17.6 Å². The van der Waals surface area contributed by atoms with Gasteiger partial charge in [0.25, 0.3) is 0 Å². The molecule has 0 bridgehead atoms. The summed E-state index contributed by atoms with van der Waals surface area (Å²) in [4.78, 5) is 0. The van der Waals surface area contributed by atoms with Crippen LogP contribution < -0.4 is 11.1 Å². The molecule has 104 valence electrons. The molecule has 2 aromatic rings. The number of aromatic nitrogens is 2. The molecular formula is C14H16BrN5. The van der Waals surface area contributed by atoms with E-state index >= 15 is 0 Å². The van der Waals surface area contributed by atoms with Crippen LogP contribution in [-0.4, -0.2) is 16.3 Å². The van der Waals surface area contributed by atoms with Gasteiger partial charge in [0.2, 0.25) is 0 Å². The van der Waals surface area contributed by atoms with Gasteiger partial charge in [-0.05, 0) is 24.1 Å². The first-order valence-electron chi connectivity index (χ1n) is 6.40. The number of hydrogen-bond acceptors (Lipinski definition) is 4. The second-order valence-corrected chi connectivity index (χ2v) is 5.35. The van der Waals surface area contributed by atoms with Crippen LogP contribution >= 0.6 is 15.9 Å². The van der Waals surface area contributed by atoms with Crippen molar-refractivity contribution in [3.8, 4) is 6.07 Å². The molecule has 0 saturated heterocycles. The Hall–Kier alpha value is -2.00. The van der Waals surface area contributed by atoms with Crippen molar-refractivity contribution in [1.29, 1.82) is 5.26 Å². The molecule has 0 atom stereocenters. The van der Waals surface area contributed by atoms with Gasteiger partial charge in [-0.15, -0.1) is 0 Å². The van der Waals surface area contributed by atoms with E-state index in [0.29, 0.717) is 23.7 Å². The summed E-state index contributed by atoms with van der Waals surface area (Å²) in [5.41, 5.74) is 7.48. The molecule has 1 aromatic carbocycles. The highest BCUT2D eigenvalue weighted by atomic mass is 79.9. The molecule has 0 saturated carbocycles. The molecule has 6 heteroatoms. The van der Waals surface area contributed by atoms with Gasteiger partial charge < -0.3 is 11.1 Å². The molecule has 0 aliphatic heterocycles. The van der Waals surface area contributed by atoms with Gasteiger partial charge in [0.1, 0.15) is 17.5 Å². The van der Waals surface area contributed by atoms with Gasteiger partial charge >= 0.3 is 0 Å². The lowest BCUT2D eigenvalue weighted by Crippen LogP contribution is -2.07. The lowest BCUT2D eigenvalue weighted by Gasteiger charge is -2.04. The fourth-order valence-corrected chi connectivity index (χ4v) is 2.33. The van der Waals surface area contributed by atoms with Gasteiger partial charge in [-0.25, -0.2) is 4.68 Å².